The van der Waals surface area contributed by atoms with Gasteiger partial charge in [0.1, 0.15) is 5.01 Å². The molecule has 3 nitrogen and oxygen atoms in total. The Kier molecular flexibility index (Phi) is 4.58. The fourth-order valence-corrected chi connectivity index (χ4v) is 2.86. The van der Waals surface area contributed by atoms with Crippen molar-refractivity contribution in [3.63, 3.8) is 0 Å². The van der Waals surface area contributed by atoms with Crippen LogP contribution >= 0.6 is 11.3 Å². The van der Waals surface area contributed by atoms with Crippen molar-refractivity contribution in [3.05, 3.63) is 42.5 Å². The molecule has 0 radical (unpaired) electrons. The van der Waals surface area contributed by atoms with Crippen LogP contribution in [0.2, 0.25) is 0 Å². The van der Waals surface area contributed by atoms with Crippen molar-refractivity contribution >= 4 is 32.9 Å². The van der Waals surface area contributed by atoms with Gasteiger partial charge in [-0.05, 0) is 42.5 Å². The first-order valence-electron chi connectivity index (χ1n) is 6.70. The van der Waals surface area contributed by atoms with Crippen LogP contribution in [0.15, 0.2) is 42.5 Å². The average molecular weight is 285 g/mol. The second kappa shape index (κ2) is 6.39. The normalized spacial score (nSPS) is 9.95. The highest BCUT2D eigenvalue weighted by atomic mass is 32.1. The lowest BCUT2D eigenvalue weighted by atomic mass is 10.2. The molecule has 0 saturated carbocycles. The van der Waals surface area contributed by atoms with Crippen LogP contribution < -0.4 is 11.1 Å². The topological polar surface area (TPSA) is 50.9 Å². The molecule has 3 N–H and O–H groups in total. The Morgan fingerprint density at radius 1 is 1.05 bits per heavy atom. The third-order valence-electron chi connectivity index (χ3n) is 2.83. The Labute approximate surface area is 123 Å². The monoisotopic (exact) mass is 285 g/mol. The first-order valence-corrected chi connectivity index (χ1v) is 7.52. The summed E-state index contributed by atoms with van der Waals surface area (Å²) in [5, 5.41) is 4.13. The molecule has 3 rings (SSSR count). The number of aromatic nitrogens is 1. The summed E-state index contributed by atoms with van der Waals surface area (Å²) in [7, 11) is 1.91. The molecule has 0 unspecified atom stereocenters. The maximum absolute atomic E-state index is 5.78. The molecule has 0 aliphatic carbocycles. The van der Waals surface area contributed by atoms with E-state index in [1.807, 2.05) is 39.1 Å². The molecule has 4 heteroatoms. The van der Waals surface area contributed by atoms with Crippen LogP contribution in [0.3, 0.4) is 0 Å². The van der Waals surface area contributed by atoms with Crippen molar-refractivity contribution in [2.24, 2.45) is 0 Å². The zero-order valence-electron chi connectivity index (χ0n) is 12.0. The average Bonchev–Trinajstić information content (AvgIpc) is 2.92. The van der Waals surface area contributed by atoms with E-state index in [1.165, 1.54) is 0 Å². The predicted octanol–water partition coefficient (Wildman–Crippen LogP) is 4.61. The number of nitrogens with one attached hydrogen (secondary N) is 1. The van der Waals surface area contributed by atoms with Crippen LogP contribution in [-0.4, -0.2) is 12.0 Å². The molecular formula is C16H19N3S. The minimum Gasteiger partial charge on any atom is -0.399 e. The van der Waals surface area contributed by atoms with Crippen LogP contribution in [0.25, 0.3) is 20.8 Å². The smallest absolute Gasteiger partial charge is 0.124 e. The highest BCUT2D eigenvalue weighted by molar-refractivity contribution is 7.21. The summed E-state index contributed by atoms with van der Waals surface area (Å²) in [5.41, 5.74) is 9.80. The number of nitrogen functional groups attached to an aromatic ring is 1. The van der Waals surface area contributed by atoms with Gasteiger partial charge in [0, 0.05) is 24.0 Å². The van der Waals surface area contributed by atoms with Crippen LogP contribution in [0, 0.1) is 0 Å². The van der Waals surface area contributed by atoms with Crippen LogP contribution in [-0.2, 0) is 0 Å². The maximum atomic E-state index is 5.78. The molecule has 3 aromatic rings. The summed E-state index contributed by atoms with van der Waals surface area (Å²) in [6.45, 7) is 4.00. The second-order valence-corrected chi connectivity index (χ2v) is 5.10. The number of hydrogen-bond donors (Lipinski definition) is 2. The number of nitrogens with two attached hydrogens (primary N) is 1. The predicted molar refractivity (Wildman–Crippen MR) is 90.4 cm³/mol. The molecule has 0 fully saturated rings. The first-order chi connectivity index (χ1) is 9.76. The fraction of sp³-hybridized carbons (Fsp3) is 0.188. The molecule has 0 saturated heterocycles. The molecule has 20 heavy (non-hydrogen) atoms. The summed E-state index contributed by atoms with van der Waals surface area (Å²) in [4.78, 5) is 4.62. The number of benzene rings is 2. The van der Waals surface area contributed by atoms with Gasteiger partial charge in [-0.1, -0.05) is 13.8 Å². The van der Waals surface area contributed by atoms with Crippen molar-refractivity contribution < 1.29 is 0 Å². The lowest BCUT2D eigenvalue weighted by molar-refractivity contribution is 1.46. The fourth-order valence-electron chi connectivity index (χ4n) is 1.84. The second-order valence-electron chi connectivity index (χ2n) is 4.07. The highest BCUT2D eigenvalue weighted by Gasteiger charge is 2.06. The van der Waals surface area contributed by atoms with E-state index < -0.39 is 0 Å². The van der Waals surface area contributed by atoms with E-state index in [9.17, 15) is 0 Å². The molecule has 0 atom stereocenters. The minimum atomic E-state index is 0.781. The Balaban J connectivity index is 0.000000704. The summed E-state index contributed by atoms with van der Waals surface area (Å²) in [6, 6.07) is 14.1. The van der Waals surface area contributed by atoms with E-state index in [-0.39, 0.29) is 0 Å². The Morgan fingerprint density at radius 3 is 2.40 bits per heavy atom. The van der Waals surface area contributed by atoms with E-state index in [0.717, 1.165) is 32.2 Å². The molecule has 1 aromatic heterocycles. The Hall–Kier alpha value is -2.07. The molecular weight excluding hydrogens is 266 g/mol. The van der Waals surface area contributed by atoms with Crippen molar-refractivity contribution in [1.82, 2.24) is 4.98 Å². The lowest BCUT2D eigenvalue weighted by Gasteiger charge is -2.00. The van der Waals surface area contributed by atoms with Crippen LogP contribution in [0.1, 0.15) is 13.8 Å². The molecule has 0 aliphatic heterocycles. The number of rotatable bonds is 2. The number of thiazole rings is 1. The van der Waals surface area contributed by atoms with Gasteiger partial charge in [-0.2, -0.15) is 0 Å². The summed E-state index contributed by atoms with van der Waals surface area (Å²) < 4.78 is 1.13. The number of nitrogens with zero attached hydrogens (tertiary/aromatic N) is 1. The van der Waals surface area contributed by atoms with Crippen molar-refractivity contribution in [2.75, 3.05) is 18.1 Å². The number of anilines is 2. The number of fused-ring (bicyclic) bond motifs is 1. The van der Waals surface area contributed by atoms with Gasteiger partial charge in [0.2, 0.25) is 0 Å². The van der Waals surface area contributed by atoms with Gasteiger partial charge in [-0.3, -0.25) is 0 Å². The zero-order chi connectivity index (χ0) is 14.5. The SMILES string of the molecule is CC.CNc1ccc(-c2nc3ccc(N)cc3s2)cc1. The summed E-state index contributed by atoms with van der Waals surface area (Å²) in [6.07, 6.45) is 0. The zero-order valence-corrected chi connectivity index (χ0v) is 12.8. The first kappa shape index (κ1) is 14.3. The van der Waals surface area contributed by atoms with E-state index >= 15 is 0 Å². The standard InChI is InChI=1S/C14H13N3S.C2H6/c1-16-11-5-2-9(3-6-11)14-17-12-7-4-10(15)8-13(12)18-14;1-2/h2-8,16H,15H2,1H3;1-2H3. The van der Waals surface area contributed by atoms with Crippen molar-refractivity contribution in [1.29, 1.82) is 0 Å². The summed E-state index contributed by atoms with van der Waals surface area (Å²) in [5.74, 6) is 0. The molecule has 104 valence electrons. The van der Waals surface area contributed by atoms with E-state index in [4.69, 9.17) is 5.73 Å². The van der Waals surface area contributed by atoms with Crippen LogP contribution in [0.4, 0.5) is 11.4 Å². The third-order valence-corrected chi connectivity index (χ3v) is 3.90. The van der Waals surface area contributed by atoms with Gasteiger partial charge < -0.3 is 11.1 Å². The van der Waals surface area contributed by atoms with Gasteiger partial charge in [0.15, 0.2) is 0 Å². The van der Waals surface area contributed by atoms with Crippen molar-refractivity contribution in [2.45, 2.75) is 13.8 Å². The van der Waals surface area contributed by atoms with E-state index in [0.29, 0.717) is 0 Å². The Bertz CT molecular complexity index is 687. The minimum absolute atomic E-state index is 0.781. The maximum Gasteiger partial charge on any atom is 0.124 e. The molecule has 0 spiro atoms. The van der Waals surface area contributed by atoms with Crippen molar-refractivity contribution in [3.8, 4) is 10.6 Å². The highest BCUT2D eigenvalue weighted by Crippen LogP contribution is 2.31. The van der Waals surface area contributed by atoms with Gasteiger partial charge in [0.25, 0.3) is 0 Å². The summed E-state index contributed by atoms with van der Waals surface area (Å²) >= 11 is 1.67. The van der Waals surface area contributed by atoms with Crippen LogP contribution in [0.5, 0.6) is 0 Å². The molecule has 2 aromatic carbocycles. The Morgan fingerprint density at radius 2 is 1.75 bits per heavy atom. The lowest BCUT2D eigenvalue weighted by Crippen LogP contribution is -1.86. The molecule has 1 heterocycles. The van der Waals surface area contributed by atoms with E-state index in [1.54, 1.807) is 11.3 Å². The quantitative estimate of drug-likeness (QED) is 0.676. The largest absolute Gasteiger partial charge is 0.399 e. The van der Waals surface area contributed by atoms with Gasteiger partial charge in [-0.15, -0.1) is 11.3 Å². The number of hydrogen-bond acceptors (Lipinski definition) is 4. The van der Waals surface area contributed by atoms with Gasteiger partial charge in [-0.25, -0.2) is 4.98 Å². The third kappa shape index (κ3) is 2.91. The molecule has 0 aliphatic rings. The molecule has 0 amide bonds. The van der Waals surface area contributed by atoms with E-state index in [2.05, 4.69) is 34.6 Å². The molecule has 0 bridgehead atoms. The van der Waals surface area contributed by atoms with Gasteiger partial charge >= 0.3 is 0 Å². The van der Waals surface area contributed by atoms with Gasteiger partial charge in [0.05, 0.1) is 10.2 Å².